The van der Waals surface area contributed by atoms with Crippen LogP contribution in [0.2, 0.25) is 5.02 Å². The topological polar surface area (TPSA) is 127 Å². The summed E-state index contributed by atoms with van der Waals surface area (Å²) in [4.78, 5) is 39.0. The first kappa shape index (κ1) is 23.4. The Morgan fingerprint density at radius 2 is 1.91 bits per heavy atom. The van der Waals surface area contributed by atoms with Crippen LogP contribution >= 0.6 is 11.6 Å². The number of hydrogen-bond donors (Lipinski definition) is 2. The summed E-state index contributed by atoms with van der Waals surface area (Å²) in [6, 6.07) is 6.04. The molecule has 34 heavy (non-hydrogen) atoms. The van der Waals surface area contributed by atoms with Gasteiger partial charge in [0.2, 0.25) is 5.88 Å². The van der Waals surface area contributed by atoms with E-state index in [1.165, 1.54) is 43.0 Å². The van der Waals surface area contributed by atoms with Crippen LogP contribution in [0.1, 0.15) is 34.1 Å². The number of aliphatic hydroxyl groups excluding tert-OH is 1. The first-order valence-corrected chi connectivity index (χ1v) is 10.9. The lowest BCUT2D eigenvalue weighted by molar-refractivity contribution is 0.0651. The molecule has 0 unspecified atom stereocenters. The number of likely N-dealkylation sites (tertiary alicyclic amines) is 1. The lowest BCUT2D eigenvalue weighted by Gasteiger charge is -2.30. The number of pyridine rings is 1. The van der Waals surface area contributed by atoms with Crippen molar-refractivity contribution in [1.29, 1.82) is 0 Å². The lowest BCUT2D eigenvalue weighted by Crippen LogP contribution is -2.42. The minimum Gasteiger partial charge on any atom is -0.488 e. The molecule has 3 aromatic rings. The molecule has 176 valence electrons. The van der Waals surface area contributed by atoms with E-state index < -0.39 is 12.0 Å². The number of anilines is 1. The molecule has 4 rings (SSSR count). The Hall–Kier alpha value is -3.76. The molecule has 2 N–H and O–H groups in total. The largest absolute Gasteiger partial charge is 0.488 e. The van der Waals surface area contributed by atoms with Crippen molar-refractivity contribution in [1.82, 2.24) is 19.9 Å². The van der Waals surface area contributed by atoms with Crippen LogP contribution in [0.4, 0.5) is 5.82 Å². The molecule has 3 heterocycles. The molecular formula is C23H22ClN5O5. The summed E-state index contributed by atoms with van der Waals surface area (Å²) in [5, 5.41) is 12.1. The minimum atomic E-state index is -0.514. The molecule has 1 aliphatic rings. The number of aliphatic hydroxyl groups is 1. The van der Waals surface area contributed by atoms with Crippen LogP contribution in [-0.4, -0.2) is 62.6 Å². The number of nitrogens with one attached hydrogen (secondary N) is 1. The van der Waals surface area contributed by atoms with E-state index in [9.17, 15) is 14.7 Å². The van der Waals surface area contributed by atoms with Crippen molar-refractivity contribution in [3.05, 3.63) is 65.2 Å². The molecule has 11 heteroatoms. The van der Waals surface area contributed by atoms with E-state index in [1.807, 2.05) is 0 Å². The second-order valence-corrected chi connectivity index (χ2v) is 8.01. The zero-order chi connectivity index (χ0) is 24.1. The third-order valence-corrected chi connectivity index (χ3v) is 5.22. The summed E-state index contributed by atoms with van der Waals surface area (Å²) < 4.78 is 11.5. The first-order chi connectivity index (χ1) is 16.4. The molecule has 2 amide bonds. The zero-order valence-electron chi connectivity index (χ0n) is 18.3. The van der Waals surface area contributed by atoms with E-state index in [0.717, 1.165) is 6.42 Å². The summed E-state index contributed by atoms with van der Waals surface area (Å²) >= 11 is 6.33. The molecule has 0 saturated carbocycles. The summed E-state index contributed by atoms with van der Waals surface area (Å²) in [7, 11) is 0. The predicted molar refractivity (Wildman–Crippen MR) is 123 cm³/mol. The highest BCUT2D eigenvalue weighted by Gasteiger charge is 2.23. The number of nitrogens with zero attached hydrogens (tertiary/aromatic N) is 4. The van der Waals surface area contributed by atoms with Crippen molar-refractivity contribution in [3.8, 4) is 17.4 Å². The van der Waals surface area contributed by atoms with Crippen molar-refractivity contribution in [2.45, 2.75) is 19.4 Å². The van der Waals surface area contributed by atoms with Gasteiger partial charge in [0.05, 0.1) is 18.4 Å². The Morgan fingerprint density at radius 1 is 1.12 bits per heavy atom. The average Bonchev–Trinajstić information content (AvgIpc) is 2.79. The highest BCUT2D eigenvalue weighted by molar-refractivity contribution is 6.32. The normalized spacial score (nSPS) is 13.6. The number of halogens is 1. The van der Waals surface area contributed by atoms with Crippen LogP contribution in [0, 0.1) is 0 Å². The summed E-state index contributed by atoms with van der Waals surface area (Å²) in [5.74, 6) is 0.254. The monoisotopic (exact) mass is 483 g/mol. The van der Waals surface area contributed by atoms with Crippen LogP contribution in [0.15, 0.2) is 49.1 Å². The van der Waals surface area contributed by atoms with Gasteiger partial charge in [0, 0.05) is 43.3 Å². The van der Waals surface area contributed by atoms with E-state index in [-0.39, 0.29) is 40.5 Å². The van der Waals surface area contributed by atoms with Crippen LogP contribution in [0.25, 0.3) is 0 Å². The second-order valence-electron chi connectivity index (χ2n) is 7.61. The van der Waals surface area contributed by atoms with E-state index in [2.05, 4.69) is 20.3 Å². The smallest absolute Gasteiger partial charge is 0.257 e. The fourth-order valence-corrected chi connectivity index (χ4v) is 3.29. The molecule has 0 spiro atoms. The fourth-order valence-electron chi connectivity index (χ4n) is 3.08. The van der Waals surface area contributed by atoms with Crippen molar-refractivity contribution in [2.75, 3.05) is 25.0 Å². The van der Waals surface area contributed by atoms with E-state index in [1.54, 1.807) is 17.9 Å². The van der Waals surface area contributed by atoms with E-state index in [4.69, 9.17) is 21.1 Å². The SMILES string of the molecule is C[C@@H](CO)Oc1cc(Oc2ncc(C(=O)N3CCC3)cc2Cl)cc(C(=O)Nc2cnccn2)c1. The van der Waals surface area contributed by atoms with Crippen LogP contribution in [-0.2, 0) is 0 Å². The van der Waals surface area contributed by atoms with Crippen molar-refractivity contribution >= 4 is 29.2 Å². The summed E-state index contributed by atoms with van der Waals surface area (Å²) in [6.07, 6.45) is 6.23. The maximum Gasteiger partial charge on any atom is 0.257 e. The number of carbonyl (C=O) groups is 2. The number of aromatic nitrogens is 3. The third-order valence-electron chi connectivity index (χ3n) is 4.95. The Balaban J connectivity index is 1.58. The standard InChI is InChI=1S/C23H22ClN5O5/c1-14(13-30)33-17-7-15(21(31)28-20-12-25-3-4-26-20)8-18(10-17)34-22-19(24)9-16(11-27-22)23(32)29-5-2-6-29/h3-4,7-12,14,30H,2,5-6,13H2,1H3,(H,26,28,31)/t14-/m0/s1. The van der Waals surface area contributed by atoms with Gasteiger partial charge < -0.3 is 24.8 Å². The Morgan fingerprint density at radius 3 is 2.56 bits per heavy atom. The van der Waals surface area contributed by atoms with Gasteiger partial charge in [0.1, 0.15) is 22.6 Å². The molecule has 1 aromatic carbocycles. The van der Waals surface area contributed by atoms with Crippen LogP contribution < -0.4 is 14.8 Å². The Bertz CT molecular complexity index is 1190. The molecule has 1 saturated heterocycles. The second kappa shape index (κ2) is 10.4. The van der Waals surface area contributed by atoms with E-state index in [0.29, 0.717) is 24.4 Å². The van der Waals surface area contributed by atoms with Crippen molar-refractivity contribution in [2.24, 2.45) is 0 Å². The maximum atomic E-state index is 12.8. The number of ether oxygens (including phenoxy) is 2. The van der Waals surface area contributed by atoms with Gasteiger partial charge in [-0.1, -0.05) is 11.6 Å². The number of carbonyl (C=O) groups excluding carboxylic acids is 2. The van der Waals surface area contributed by atoms with Gasteiger partial charge >= 0.3 is 0 Å². The van der Waals surface area contributed by atoms with E-state index >= 15 is 0 Å². The van der Waals surface area contributed by atoms with Crippen LogP contribution in [0.3, 0.4) is 0 Å². The first-order valence-electron chi connectivity index (χ1n) is 10.6. The van der Waals surface area contributed by atoms with Gasteiger partial charge in [0.25, 0.3) is 11.8 Å². The fraction of sp³-hybridized carbons (Fsp3) is 0.261. The van der Waals surface area contributed by atoms with Crippen molar-refractivity contribution < 1.29 is 24.2 Å². The Labute approximate surface area is 200 Å². The minimum absolute atomic E-state index is 0.0643. The molecule has 1 aliphatic heterocycles. The molecular weight excluding hydrogens is 462 g/mol. The molecule has 0 bridgehead atoms. The zero-order valence-corrected chi connectivity index (χ0v) is 19.0. The summed E-state index contributed by atoms with van der Waals surface area (Å²) in [6.45, 7) is 2.89. The van der Waals surface area contributed by atoms with Gasteiger partial charge in [-0.25, -0.2) is 9.97 Å². The molecule has 0 radical (unpaired) electrons. The molecule has 0 aliphatic carbocycles. The Kier molecular flexibility index (Phi) is 7.19. The van der Waals surface area contributed by atoms with Gasteiger partial charge in [0.15, 0.2) is 5.82 Å². The predicted octanol–water partition coefficient (Wildman–Crippen LogP) is 3.18. The van der Waals surface area contributed by atoms with Gasteiger partial charge in [-0.05, 0) is 31.5 Å². The highest BCUT2D eigenvalue weighted by Crippen LogP contribution is 2.32. The third kappa shape index (κ3) is 5.59. The van der Waals surface area contributed by atoms with Gasteiger partial charge in [-0.15, -0.1) is 0 Å². The number of hydrogen-bond acceptors (Lipinski definition) is 8. The maximum absolute atomic E-state index is 12.8. The molecule has 1 atom stereocenters. The quantitative estimate of drug-likeness (QED) is 0.500. The highest BCUT2D eigenvalue weighted by atomic mass is 35.5. The number of rotatable bonds is 8. The van der Waals surface area contributed by atoms with Crippen LogP contribution in [0.5, 0.6) is 17.4 Å². The molecule has 10 nitrogen and oxygen atoms in total. The van der Waals surface area contributed by atoms with Gasteiger partial charge in [-0.3, -0.25) is 14.6 Å². The molecule has 1 fully saturated rings. The van der Waals surface area contributed by atoms with Crippen molar-refractivity contribution in [3.63, 3.8) is 0 Å². The summed E-state index contributed by atoms with van der Waals surface area (Å²) in [5.41, 5.74) is 0.582. The number of amides is 2. The van der Waals surface area contributed by atoms with Gasteiger partial charge in [-0.2, -0.15) is 0 Å². The average molecular weight is 484 g/mol. The lowest BCUT2D eigenvalue weighted by atomic mass is 10.1. The molecule has 2 aromatic heterocycles. The number of benzene rings is 1.